The molecule has 1 aliphatic rings. The third-order valence-corrected chi connectivity index (χ3v) is 6.37. The number of hydrogen-bond donors (Lipinski definition) is 2. The Balaban J connectivity index is 1.11. The molecule has 0 saturated heterocycles. The third-order valence-electron chi connectivity index (χ3n) is 6.37. The summed E-state index contributed by atoms with van der Waals surface area (Å²) in [6.45, 7) is 0.0227. The maximum Gasteiger partial charge on any atom is 0.319 e. The zero-order chi connectivity index (χ0) is 25.5. The van der Waals surface area contributed by atoms with Crippen LogP contribution in [0.3, 0.4) is 0 Å². The van der Waals surface area contributed by atoms with E-state index in [-0.39, 0.29) is 31.0 Å². The highest BCUT2D eigenvalue weighted by molar-refractivity contribution is 5.93. The summed E-state index contributed by atoms with van der Waals surface area (Å²) >= 11 is 0. The zero-order valence-electron chi connectivity index (χ0n) is 20.6. The van der Waals surface area contributed by atoms with E-state index >= 15 is 0 Å². The number of urea groups is 1. The van der Waals surface area contributed by atoms with Crippen molar-refractivity contribution in [2.45, 2.75) is 44.7 Å². The van der Waals surface area contributed by atoms with Crippen molar-refractivity contribution in [3.63, 3.8) is 0 Å². The van der Waals surface area contributed by atoms with Crippen molar-refractivity contribution in [1.29, 1.82) is 0 Å². The lowest BCUT2D eigenvalue weighted by Crippen LogP contribution is -2.38. The maximum absolute atomic E-state index is 12.6. The number of nitrogens with zero attached hydrogens (tertiary/aromatic N) is 2. The molecule has 8 heteroatoms. The van der Waals surface area contributed by atoms with Crippen LogP contribution < -0.4 is 20.1 Å². The van der Waals surface area contributed by atoms with Crippen molar-refractivity contribution in [1.82, 2.24) is 15.1 Å². The second kappa shape index (κ2) is 11.6. The molecule has 0 bridgehead atoms. The Morgan fingerprint density at radius 3 is 2.41 bits per heavy atom. The number of ketones is 1. The normalized spacial score (nSPS) is 13.7. The summed E-state index contributed by atoms with van der Waals surface area (Å²) in [5, 5.41) is 11.2. The van der Waals surface area contributed by atoms with Gasteiger partial charge in [-0.3, -0.25) is 9.48 Å². The predicted molar refractivity (Wildman–Crippen MR) is 142 cm³/mol. The number of hydrogen-bond acceptors (Lipinski definition) is 5. The van der Waals surface area contributed by atoms with E-state index in [4.69, 9.17) is 9.47 Å². The molecule has 1 heterocycles. The third kappa shape index (κ3) is 6.67. The molecule has 1 aliphatic carbocycles. The first-order valence-corrected chi connectivity index (χ1v) is 12.6. The number of nitrogens with one attached hydrogen (secondary N) is 2. The predicted octanol–water partition coefficient (Wildman–Crippen LogP) is 5.93. The lowest BCUT2D eigenvalue weighted by atomic mass is 9.96. The van der Waals surface area contributed by atoms with Gasteiger partial charge in [-0.25, -0.2) is 4.79 Å². The minimum absolute atomic E-state index is 0.0682. The van der Waals surface area contributed by atoms with Crippen LogP contribution in [0.25, 0.3) is 10.9 Å². The van der Waals surface area contributed by atoms with Gasteiger partial charge in [0.25, 0.3) is 0 Å². The van der Waals surface area contributed by atoms with E-state index in [0.29, 0.717) is 17.2 Å². The standard InChI is InChI=1S/C29H30N4O4/c34-24(20-36-25-12-14-27(15-13-25)37-26-9-5-2-6-10-26)19-33-28-16-11-23(17-21(28)18-30-33)32-29(35)31-22-7-3-1-4-8-22/h2,5-6,9-18,22H,1,3-4,7-8,19-20H2,(H2,31,32,35). The van der Waals surface area contributed by atoms with Gasteiger partial charge in [0.05, 0.1) is 11.7 Å². The number of rotatable bonds is 9. The molecule has 4 aromatic rings. The van der Waals surface area contributed by atoms with Crippen LogP contribution in [0.1, 0.15) is 32.1 Å². The van der Waals surface area contributed by atoms with E-state index in [1.807, 2.05) is 48.5 Å². The van der Waals surface area contributed by atoms with E-state index in [0.717, 1.165) is 42.3 Å². The second-order valence-corrected chi connectivity index (χ2v) is 9.22. The molecular formula is C29H30N4O4. The summed E-state index contributed by atoms with van der Waals surface area (Å²) in [5.74, 6) is 1.92. The summed E-state index contributed by atoms with van der Waals surface area (Å²) in [4.78, 5) is 24.9. The summed E-state index contributed by atoms with van der Waals surface area (Å²) in [6, 6.07) is 22.3. The average molecular weight is 499 g/mol. The first-order chi connectivity index (χ1) is 18.1. The minimum atomic E-state index is -0.189. The summed E-state index contributed by atoms with van der Waals surface area (Å²) < 4.78 is 13.1. The molecule has 1 aromatic heterocycles. The Kier molecular flexibility index (Phi) is 7.64. The van der Waals surface area contributed by atoms with Crippen molar-refractivity contribution < 1.29 is 19.1 Å². The van der Waals surface area contributed by atoms with Gasteiger partial charge in [-0.1, -0.05) is 37.5 Å². The van der Waals surface area contributed by atoms with Gasteiger partial charge in [-0.2, -0.15) is 5.10 Å². The van der Waals surface area contributed by atoms with E-state index in [1.54, 1.807) is 35.1 Å². The number of para-hydroxylation sites is 1. The molecule has 37 heavy (non-hydrogen) atoms. The fourth-order valence-corrected chi connectivity index (χ4v) is 4.50. The molecule has 2 N–H and O–H groups in total. The number of aromatic nitrogens is 2. The van der Waals surface area contributed by atoms with Crippen LogP contribution in [-0.2, 0) is 11.3 Å². The first-order valence-electron chi connectivity index (χ1n) is 12.6. The number of benzene rings is 3. The van der Waals surface area contributed by atoms with Crippen molar-refractivity contribution in [3.8, 4) is 17.2 Å². The number of carbonyl (C=O) groups excluding carboxylic acids is 2. The van der Waals surface area contributed by atoms with Crippen LogP contribution in [0.15, 0.2) is 79.0 Å². The van der Waals surface area contributed by atoms with E-state index in [2.05, 4.69) is 15.7 Å². The number of Topliss-reactive ketones (excluding diaryl/α,β-unsaturated/α-hetero) is 1. The molecule has 0 atom stereocenters. The Hall–Kier alpha value is -4.33. The Bertz CT molecular complexity index is 1350. The van der Waals surface area contributed by atoms with Crippen molar-refractivity contribution >= 4 is 28.4 Å². The molecule has 0 unspecified atom stereocenters. The quantitative estimate of drug-likeness (QED) is 0.298. The minimum Gasteiger partial charge on any atom is -0.486 e. The summed E-state index contributed by atoms with van der Waals surface area (Å²) in [6.07, 6.45) is 7.33. The highest BCUT2D eigenvalue weighted by Gasteiger charge is 2.16. The van der Waals surface area contributed by atoms with Gasteiger partial charge in [0, 0.05) is 17.1 Å². The molecule has 190 valence electrons. The SMILES string of the molecule is O=C(COc1ccc(Oc2ccccc2)cc1)Cn1ncc2cc(NC(=O)NC3CCCCC3)ccc21. The van der Waals surface area contributed by atoms with Crippen LogP contribution in [-0.4, -0.2) is 34.2 Å². The molecule has 1 saturated carbocycles. The number of fused-ring (bicyclic) bond motifs is 1. The van der Waals surface area contributed by atoms with Crippen LogP contribution in [0.5, 0.6) is 17.2 Å². The Morgan fingerprint density at radius 1 is 0.892 bits per heavy atom. The average Bonchev–Trinajstić information content (AvgIpc) is 3.31. The van der Waals surface area contributed by atoms with Crippen LogP contribution in [0.2, 0.25) is 0 Å². The molecule has 2 amide bonds. The van der Waals surface area contributed by atoms with Gasteiger partial charge in [0.2, 0.25) is 0 Å². The monoisotopic (exact) mass is 498 g/mol. The van der Waals surface area contributed by atoms with Gasteiger partial charge in [-0.05, 0) is 67.4 Å². The highest BCUT2D eigenvalue weighted by Crippen LogP contribution is 2.24. The molecule has 3 aromatic carbocycles. The zero-order valence-corrected chi connectivity index (χ0v) is 20.6. The van der Waals surface area contributed by atoms with Crippen LogP contribution >= 0.6 is 0 Å². The largest absolute Gasteiger partial charge is 0.486 e. The van der Waals surface area contributed by atoms with Gasteiger partial charge in [0.1, 0.15) is 30.4 Å². The van der Waals surface area contributed by atoms with E-state index in [9.17, 15) is 9.59 Å². The van der Waals surface area contributed by atoms with Crippen LogP contribution in [0.4, 0.5) is 10.5 Å². The fourth-order valence-electron chi connectivity index (χ4n) is 4.50. The maximum atomic E-state index is 12.6. The Morgan fingerprint density at radius 2 is 1.62 bits per heavy atom. The highest BCUT2D eigenvalue weighted by atomic mass is 16.5. The van der Waals surface area contributed by atoms with Gasteiger partial charge in [-0.15, -0.1) is 0 Å². The van der Waals surface area contributed by atoms with Crippen molar-refractivity contribution in [3.05, 3.63) is 79.0 Å². The number of anilines is 1. The Labute approximate surface area is 215 Å². The van der Waals surface area contributed by atoms with Gasteiger partial charge >= 0.3 is 6.03 Å². The first kappa shape index (κ1) is 24.4. The topological polar surface area (TPSA) is 94.5 Å². The molecule has 8 nitrogen and oxygen atoms in total. The van der Waals surface area contributed by atoms with Crippen LogP contribution in [0, 0.1) is 0 Å². The smallest absolute Gasteiger partial charge is 0.319 e. The lowest BCUT2D eigenvalue weighted by Gasteiger charge is -2.22. The summed E-state index contributed by atoms with van der Waals surface area (Å²) in [5.41, 5.74) is 1.50. The van der Waals surface area contributed by atoms with E-state index < -0.39 is 0 Å². The summed E-state index contributed by atoms with van der Waals surface area (Å²) in [7, 11) is 0. The molecule has 0 aliphatic heterocycles. The molecular weight excluding hydrogens is 468 g/mol. The van der Waals surface area contributed by atoms with E-state index in [1.165, 1.54) is 6.42 Å². The van der Waals surface area contributed by atoms with Crippen molar-refractivity contribution in [2.75, 3.05) is 11.9 Å². The van der Waals surface area contributed by atoms with Gasteiger partial charge in [0.15, 0.2) is 5.78 Å². The lowest BCUT2D eigenvalue weighted by molar-refractivity contribution is -0.121. The molecule has 0 spiro atoms. The second-order valence-electron chi connectivity index (χ2n) is 9.22. The number of carbonyl (C=O) groups is 2. The molecule has 1 fully saturated rings. The van der Waals surface area contributed by atoms with Crippen molar-refractivity contribution in [2.24, 2.45) is 0 Å². The molecule has 0 radical (unpaired) electrons. The van der Waals surface area contributed by atoms with Gasteiger partial charge < -0.3 is 20.1 Å². The molecule has 5 rings (SSSR count). The fraction of sp³-hybridized carbons (Fsp3) is 0.276. The number of ether oxygens (including phenoxy) is 2. The number of amides is 2.